The molecule has 0 fully saturated rings. The van der Waals surface area contributed by atoms with Gasteiger partial charge in [0, 0.05) is 0 Å². The van der Waals surface area contributed by atoms with Gasteiger partial charge in [-0.05, 0) is 13.0 Å². The molecule has 118 valence electrons. The van der Waals surface area contributed by atoms with E-state index in [2.05, 4.69) is 10.1 Å². The summed E-state index contributed by atoms with van der Waals surface area (Å²) in [5.41, 5.74) is 0. The number of hydrogen-bond donors (Lipinski definition) is 2. The van der Waals surface area contributed by atoms with Crippen molar-refractivity contribution in [1.29, 1.82) is 0 Å². The van der Waals surface area contributed by atoms with Crippen LogP contribution in [0.25, 0.3) is 0 Å². The lowest BCUT2D eigenvalue weighted by atomic mass is 10.2. The van der Waals surface area contributed by atoms with Crippen molar-refractivity contribution in [3.05, 3.63) is 29.1 Å². The van der Waals surface area contributed by atoms with E-state index in [-0.39, 0.29) is 6.54 Å². The van der Waals surface area contributed by atoms with Gasteiger partial charge in [-0.1, -0.05) is 6.92 Å². The minimum Gasteiger partial charge on any atom is -0.485 e. The number of halogens is 5. The average molecular weight is 313 g/mol. The van der Waals surface area contributed by atoms with Gasteiger partial charge in [0.2, 0.25) is 29.1 Å². The first-order chi connectivity index (χ1) is 9.81. The van der Waals surface area contributed by atoms with E-state index >= 15 is 0 Å². The molecule has 2 N–H and O–H groups in total. The molecule has 0 amide bonds. The van der Waals surface area contributed by atoms with Crippen LogP contribution in [0.4, 0.5) is 22.0 Å². The van der Waals surface area contributed by atoms with Crippen LogP contribution in [0.2, 0.25) is 0 Å². The quantitative estimate of drug-likeness (QED) is 0.460. The van der Waals surface area contributed by atoms with E-state index in [1.54, 1.807) is 6.92 Å². The molecule has 9 heteroatoms. The highest BCUT2D eigenvalue weighted by molar-refractivity contribution is 5.73. The van der Waals surface area contributed by atoms with E-state index in [4.69, 9.17) is 5.11 Å². The molecule has 1 aromatic carbocycles. The number of carboxylic acids is 1. The molecule has 1 atom stereocenters. The Bertz CT molecular complexity index is 509. The van der Waals surface area contributed by atoms with Crippen molar-refractivity contribution < 1.29 is 36.6 Å². The predicted octanol–water partition coefficient (Wildman–Crippen LogP) is 2.21. The maximum Gasteiger partial charge on any atom is 0.324 e. The summed E-state index contributed by atoms with van der Waals surface area (Å²) in [5.74, 6) is -13.8. The highest BCUT2D eigenvalue weighted by atomic mass is 19.2. The Balaban J connectivity index is 2.95. The molecule has 0 bridgehead atoms. The highest BCUT2D eigenvalue weighted by Gasteiger charge is 2.28. The molecule has 1 rings (SSSR count). The van der Waals surface area contributed by atoms with Crippen LogP contribution in [-0.2, 0) is 4.79 Å². The Labute approximate surface area is 116 Å². The number of hydrogen-bond acceptors (Lipinski definition) is 3. The highest BCUT2D eigenvalue weighted by Crippen LogP contribution is 2.29. The number of nitrogens with one attached hydrogen (secondary N) is 1. The lowest BCUT2D eigenvalue weighted by Crippen LogP contribution is -2.42. The first-order valence-corrected chi connectivity index (χ1v) is 5.91. The van der Waals surface area contributed by atoms with Gasteiger partial charge >= 0.3 is 5.97 Å². The molecular formula is C12H12F5NO3. The molecule has 0 aliphatic rings. The molecule has 1 aromatic rings. The predicted molar refractivity (Wildman–Crippen MR) is 61.4 cm³/mol. The summed E-state index contributed by atoms with van der Waals surface area (Å²) in [7, 11) is 0. The number of aliphatic carboxylic acids is 1. The topological polar surface area (TPSA) is 58.6 Å². The van der Waals surface area contributed by atoms with Gasteiger partial charge in [-0.2, -0.15) is 8.78 Å². The summed E-state index contributed by atoms with van der Waals surface area (Å²) >= 11 is 0. The average Bonchev–Trinajstić information content (AvgIpc) is 2.45. The maximum atomic E-state index is 13.3. The number of rotatable bonds is 7. The van der Waals surface area contributed by atoms with Crippen LogP contribution < -0.4 is 10.1 Å². The molecule has 4 nitrogen and oxygen atoms in total. The fourth-order valence-corrected chi connectivity index (χ4v) is 1.41. The second kappa shape index (κ2) is 7.21. The van der Waals surface area contributed by atoms with Crippen molar-refractivity contribution in [2.45, 2.75) is 19.4 Å². The molecule has 1 unspecified atom stereocenters. The van der Waals surface area contributed by atoms with Gasteiger partial charge < -0.3 is 15.2 Å². The van der Waals surface area contributed by atoms with Crippen LogP contribution in [0.1, 0.15) is 13.3 Å². The Morgan fingerprint density at radius 3 is 2.00 bits per heavy atom. The zero-order valence-electron chi connectivity index (χ0n) is 10.9. The van der Waals surface area contributed by atoms with Crippen LogP contribution >= 0.6 is 0 Å². The first-order valence-electron chi connectivity index (χ1n) is 5.91. The maximum absolute atomic E-state index is 13.3. The van der Waals surface area contributed by atoms with Crippen LogP contribution in [-0.4, -0.2) is 30.3 Å². The van der Waals surface area contributed by atoms with Gasteiger partial charge in [0.25, 0.3) is 0 Å². The largest absolute Gasteiger partial charge is 0.485 e. The van der Waals surface area contributed by atoms with Crippen molar-refractivity contribution in [2.75, 3.05) is 13.2 Å². The number of benzene rings is 1. The minimum atomic E-state index is -2.31. The van der Waals surface area contributed by atoms with E-state index < -0.39 is 53.5 Å². The Morgan fingerprint density at radius 1 is 1.10 bits per heavy atom. The first kappa shape index (κ1) is 17.2. The molecule has 21 heavy (non-hydrogen) atoms. The third-order valence-electron chi connectivity index (χ3n) is 2.50. The van der Waals surface area contributed by atoms with E-state index in [1.165, 1.54) is 0 Å². The minimum absolute atomic E-state index is 0.275. The molecule has 0 heterocycles. The number of ether oxygens (including phenoxy) is 1. The monoisotopic (exact) mass is 313 g/mol. The van der Waals surface area contributed by atoms with Crippen LogP contribution in [0.3, 0.4) is 0 Å². The van der Waals surface area contributed by atoms with Crippen molar-refractivity contribution in [1.82, 2.24) is 5.32 Å². The number of carbonyl (C=O) groups is 1. The zero-order chi connectivity index (χ0) is 16.2. The van der Waals surface area contributed by atoms with Gasteiger partial charge in [-0.3, -0.25) is 4.79 Å². The third kappa shape index (κ3) is 3.81. The fourth-order valence-electron chi connectivity index (χ4n) is 1.41. The zero-order valence-corrected chi connectivity index (χ0v) is 10.9. The van der Waals surface area contributed by atoms with Crippen LogP contribution in [0, 0.1) is 29.1 Å². The standard InChI is InChI=1S/C12H12F5NO3/c1-2-3-18-5(12(19)20)4-21-11-9(16)7(14)6(13)8(15)10(11)17/h5,18H,2-4H2,1H3,(H,19,20). The molecule has 0 aromatic heterocycles. The number of carboxylic acid groups (broad SMARTS) is 1. The second-order valence-corrected chi connectivity index (χ2v) is 4.05. The summed E-state index contributed by atoms with van der Waals surface area (Å²) in [6.45, 7) is 1.22. The Kier molecular flexibility index (Phi) is 5.89. The summed E-state index contributed by atoms with van der Waals surface area (Å²) in [5, 5.41) is 11.3. The smallest absolute Gasteiger partial charge is 0.324 e. The van der Waals surface area contributed by atoms with Crippen LogP contribution in [0.15, 0.2) is 0 Å². The van der Waals surface area contributed by atoms with Gasteiger partial charge in [0.1, 0.15) is 12.6 Å². The Morgan fingerprint density at radius 2 is 1.57 bits per heavy atom. The second-order valence-electron chi connectivity index (χ2n) is 4.05. The summed E-state index contributed by atoms with van der Waals surface area (Å²) in [6.07, 6.45) is 0.576. The van der Waals surface area contributed by atoms with Gasteiger partial charge in [0.15, 0.2) is 5.75 Å². The van der Waals surface area contributed by atoms with Crippen molar-refractivity contribution in [3.63, 3.8) is 0 Å². The van der Waals surface area contributed by atoms with Gasteiger partial charge in [-0.25, -0.2) is 13.2 Å². The molecular weight excluding hydrogens is 301 g/mol. The van der Waals surface area contributed by atoms with E-state index in [0.29, 0.717) is 6.42 Å². The normalized spacial score (nSPS) is 12.3. The fraction of sp³-hybridized carbons (Fsp3) is 0.417. The molecule has 0 saturated carbocycles. The van der Waals surface area contributed by atoms with E-state index in [9.17, 15) is 26.7 Å². The van der Waals surface area contributed by atoms with E-state index in [1.807, 2.05) is 0 Å². The van der Waals surface area contributed by atoms with Gasteiger partial charge in [0.05, 0.1) is 0 Å². The van der Waals surface area contributed by atoms with Crippen LogP contribution in [0.5, 0.6) is 5.75 Å². The molecule has 0 saturated heterocycles. The summed E-state index contributed by atoms with van der Waals surface area (Å²) < 4.78 is 69.7. The molecule has 0 aliphatic heterocycles. The molecule has 0 aliphatic carbocycles. The SMILES string of the molecule is CCCNC(COc1c(F)c(F)c(F)c(F)c1F)C(=O)O. The third-order valence-corrected chi connectivity index (χ3v) is 2.50. The molecule has 0 radical (unpaired) electrons. The van der Waals surface area contributed by atoms with Crippen molar-refractivity contribution in [3.8, 4) is 5.75 Å². The van der Waals surface area contributed by atoms with Crippen molar-refractivity contribution >= 4 is 5.97 Å². The van der Waals surface area contributed by atoms with Gasteiger partial charge in [-0.15, -0.1) is 0 Å². The Hall–Kier alpha value is -1.90. The lowest BCUT2D eigenvalue weighted by Gasteiger charge is -2.16. The van der Waals surface area contributed by atoms with Crippen molar-refractivity contribution in [2.24, 2.45) is 0 Å². The lowest BCUT2D eigenvalue weighted by molar-refractivity contribution is -0.140. The summed E-state index contributed by atoms with van der Waals surface area (Å²) in [6, 6.07) is -1.35. The van der Waals surface area contributed by atoms with E-state index in [0.717, 1.165) is 0 Å². The summed E-state index contributed by atoms with van der Waals surface area (Å²) in [4.78, 5) is 10.8. The molecule has 0 spiro atoms.